The van der Waals surface area contributed by atoms with Gasteiger partial charge in [-0.3, -0.25) is 0 Å². The average molecular weight is 431 g/mol. The Morgan fingerprint density at radius 1 is 0.406 bits per heavy atom. The lowest BCUT2D eigenvalue weighted by Crippen LogP contribution is -2.05. The maximum absolute atomic E-state index is 5.85. The van der Waals surface area contributed by atoms with Crippen molar-refractivity contribution in [2.75, 3.05) is 26.2 Å². The summed E-state index contributed by atoms with van der Waals surface area (Å²) in [5.74, 6) is 0. The Kier molecular flexibility index (Phi) is 9.44. The van der Waals surface area contributed by atoms with Crippen LogP contribution in [-0.2, 0) is 25.7 Å². The molecule has 0 spiro atoms. The van der Waals surface area contributed by atoms with Gasteiger partial charge in [0.1, 0.15) is 0 Å². The molecule has 4 heteroatoms. The fourth-order valence-electron chi connectivity index (χ4n) is 4.26. The molecule has 3 rings (SSSR count). The lowest BCUT2D eigenvalue weighted by atomic mass is 9.92. The van der Waals surface area contributed by atoms with Gasteiger partial charge in [-0.05, 0) is 115 Å². The molecular formula is C28H38N4. The van der Waals surface area contributed by atoms with Crippen molar-refractivity contribution in [3.05, 3.63) is 82.9 Å². The lowest BCUT2D eigenvalue weighted by Gasteiger charge is -2.13. The van der Waals surface area contributed by atoms with Crippen LogP contribution in [0.1, 0.15) is 35.1 Å². The van der Waals surface area contributed by atoms with Gasteiger partial charge in [0, 0.05) is 0 Å². The molecule has 0 amide bonds. The van der Waals surface area contributed by atoms with Crippen molar-refractivity contribution in [3.8, 4) is 22.3 Å². The third-order valence-corrected chi connectivity index (χ3v) is 5.84. The topological polar surface area (TPSA) is 104 Å². The summed E-state index contributed by atoms with van der Waals surface area (Å²) in [6.45, 7) is 2.72. The van der Waals surface area contributed by atoms with Crippen LogP contribution < -0.4 is 22.9 Å². The SMILES string of the molecule is NCCCc1cc(CCN)cc(-c2cccc(-c3cc(CCN)cc(CCCN)c3)c2)c1. The van der Waals surface area contributed by atoms with Gasteiger partial charge in [-0.2, -0.15) is 0 Å². The molecule has 0 aliphatic carbocycles. The number of nitrogens with two attached hydrogens (primary N) is 4. The van der Waals surface area contributed by atoms with Crippen LogP contribution in [0.15, 0.2) is 60.7 Å². The Morgan fingerprint density at radius 3 is 1.19 bits per heavy atom. The zero-order valence-corrected chi connectivity index (χ0v) is 19.2. The zero-order valence-electron chi connectivity index (χ0n) is 19.2. The van der Waals surface area contributed by atoms with E-state index in [1.165, 1.54) is 44.5 Å². The van der Waals surface area contributed by atoms with Crippen LogP contribution in [0.3, 0.4) is 0 Å². The zero-order chi connectivity index (χ0) is 22.8. The summed E-state index contributed by atoms with van der Waals surface area (Å²) in [4.78, 5) is 0. The smallest absolute Gasteiger partial charge is 0.00367 e. The molecule has 8 N–H and O–H groups in total. The average Bonchev–Trinajstić information content (AvgIpc) is 2.81. The van der Waals surface area contributed by atoms with Gasteiger partial charge in [-0.15, -0.1) is 0 Å². The third-order valence-electron chi connectivity index (χ3n) is 5.84. The summed E-state index contributed by atoms with van der Waals surface area (Å²) >= 11 is 0. The van der Waals surface area contributed by atoms with Gasteiger partial charge in [0.15, 0.2) is 0 Å². The highest BCUT2D eigenvalue weighted by molar-refractivity contribution is 5.74. The van der Waals surface area contributed by atoms with Crippen molar-refractivity contribution in [3.63, 3.8) is 0 Å². The Balaban J connectivity index is 1.99. The van der Waals surface area contributed by atoms with Crippen molar-refractivity contribution in [1.82, 2.24) is 0 Å². The van der Waals surface area contributed by atoms with Crippen LogP contribution in [0.4, 0.5) is 0 Å². The van der Waals surface area contributed by atoms with Gasteiger partial charge in [-0.1, -0.05) is 54.6 Å². The Bertz CT molecular complexity index is 920. The molecule has 3 aromatic carbocycles. The predicted octanol–water partition coefficient (Wildman–Crippen LogP) is 3.81. The maximum Gasteiger partial charge on any atom is -0.00367 e. The van der Waals surface area contributed by atoms with Crippen molar-refractivity contribution in [2.24, 2.45) is 22.9 Å². The second kappa shape index (κ2) is 12.5. The van der Waals surface area contributed by atoms with Gasteiger partial charge >= 0.3 is 0 Å². The Labute approximate surface area is 193 Å². The molecule has 0 bridgehead atoms. The number of benzene rings is 3. The van der Waals surface area contributed by atoms with Crippen molar-refractivity contribution in [1.29, 1.82) is 0 Å². The quantitative estimate of drug-likeness (QED) is 0.351. The van der Waals surface area contributed by atoms with Crippen LogP contribution in [0.25, 0.3) is 22.3 Å². The minimum atomic E-state index is 0.652. The maximum atomic E-state index is 5.85. The van der Waals surface area contributed by atoms with Crippen molar-refractivity contribution in [2.45, 2.75) is 38.5 Å². The number of hydrogen-bond acceptors (Lipinski definition) is 4. The first-order valence-corrected chi connectivity index (χ1v) is 11.8. The molecule has 0 saturated heterocycles. The molecule has 4 nitrogen and oxygen atoms in total. The second-order valence-corrected chi connectivity index (χ2v) is 8.52. The summed E-state index contributed by atoms with van der Waals surface area (Å²) in [7, 11) is 0. The van der Waals surface area contributed by atoms with E-state index in [0.29, 0.717) is 26.2 Å². The predicted molar refractivity (Wildman–Crippen MR) is 138 cm³/mol. The highest BCUT2D eigenvalue weighted by atomic mass is 14.5. The van der Waals surface area contributed by atoms with Crippen molar-refractivity contribution >= 4 is 0 Å². The first-order valence-electron chi connectivity index (χ1n) is 11.8. The molecule has 0 aliphatic rings. The van der Waals surface area contributed by atoms with E-state index >= 15 is 0 Å². The van der Waals surface area contributed by atoms with Crippen LogP contribution in [0.2, 0.25) is 0 Å². The summed E-state index contributed by atoms with van der Waals surface area (Å²) < 4.78 is 0. The lowest BCUT2D eigenvalue weighted by molar-refractivity contribution is 0.830. The van der Waals surface area contributed by atoms with Crippen LogP contribution >= 0.6 is 0 Å². The molecule has 0 fully saturated rings. The molecule has 0 heterocycles. The third kappa shape index (κ3) is 6.75. The van der Waals surface area contributed by atoms with Crippen LogP contribution in [-0.4, -0.2) is 26.2 Å². The normalized spacial score (nSPS) is 11.1. The fourth-order valence-corrected chi connectivity index (χ4v) is 4.26. The standard InChI is InChI=1S/C28H38N4/c29-10-2-4-21-14-23(8-12-31)18-27(16-21)25-6-1-7-26(20-25)28-17-22(5-3-11-30)15-24(19-28)9-13-32/h1,6-7,14-20H,2-5,8-13,29-32H2. The van der Waals surface area contributed by atoms with E-state index in [1.807, 2.05) is 0 Å². The van der Waals surface area contributed by atoms with Crippen LogP contribution in [0, 0.1) is 0 Å². The molecule has 0 aromatic heterocycles. The molecule has 0 radical (unpaired) electrons. The molecule has 0 atom stereocenters. The molecule has 3 aromatic rings. The number of aryl methyl sites for hydroxylation is 2. The largest absolute Gasteiger partial charge is 0.330 e. The highest BCUT2D eigenvalue weighted by Crippen LogP contribution is 2.30. The van der Waals surface area contributed by atoms with Gasteiger partial charge in [0.25, 0.3) is 0 Å². The first kappa shape index (κ1) is 24.1. The minimum absolute atomic E-state index is 0.652. The van der Waals surface area contributed by atoms with Crippen molar-refractivity contribution < 1.29 is 0 Å². The van der Waals surface area contributed by atoms with E-state index in [1.54, 1.807) is 0 Å². The fraction of sp³-hybridized carbons (Fsp3) is 0.357. The van der Waals surface area contributed by atoms with E-state index < -0.39 is 0 Å². The highest BCUT2D eigenvalue weighted by Gasteiger charge is 2.08. The summed E-state index contributed by atoms with van der Waals surface area (Å²) in [5, 5.41) is 0. The minimum Gasteiger partial charge on any atom is -0.330 e. The van der Waals surface area contributed by atoms with E-state index in [9.17, 15) is 0 Å². The van der Waals surface area contributed by atoms with Gasteiger partial charge in [0.05, 0.1) is 0 Å². The van der Waals surface area contributed by atoms with Gasteiger partial charge in [0.2, 0.25) is 0 Å². The monoisotopic (exact) mass is 430 g/mol. The van der Waals surface area contributed by atoms with Gasteiger partial charge < -0.3 is 22.9 Å². The molecule has 0 aliphatic heterocycles. The molecule has 0 saturated carbocycles. The molecule has 32 heavy (non-hydrogen) atoms. The van der Waals surface area contributed by atoms with Crippen LogP contribution in [0.5, 0.6) is 0 Å². The Morgan fingerprint density at radius 2 is 0.812 bits per heavy atom. The second-order valence-electron chi connectivity index (χ2n) is 8.52. The molecule has 170 valence electrons. The summed E-state index contributed by atoms with van der Waals surface area (Å²) in [6.07, 6.45) is 5.74. The van der Waals surface area contributed by atoms with E-state index in [4.69, 9.17) is 22.9 Å². The first-order chi connectivity index (χ1) is 15.7. The Hall–Kier alpha value is -2.50. The van der Waals surface area contributed by atoms with E-state index in [-0.39, 0.29) is 0 Å². The van der Waals surface area contributed by atoms with E-state index in [2.05, 4.69) is 60.7 Å². The van der Waals surface area contributed by atoms with Gasteiger partial charge in [-0.25, -0.2) is 0 Å². The molecule has 0 unspecified atom stereocenters. The number of rotatable bonds is 12. The van der Waals surface area contributed by atoms with E-state index in [0.717, 1.165) is 38.5 Å². The number of hydrogen-bond donors (Lipinski definition) is 4. The summed E-state index contributed by atoms with van der Waals surface area (Å²) in [6, 6.07) is 22.5. The summed E-state index contributed by atoms with van der Waals surface area (Å²) in [5.41, 5.74) is 33.4. The molecular weight excluding hydrogens is 392 g/mol.